The van der Waals surface area contributed by atoms with Gasteiger partial charge in [-0.3, -0.25) is 0 Å². The number of aryl methyl sites for hydroxylation is 1. The summed E-state index contributed by atoms with van der Waals surface area (Å²) < 4.78 is 27.7. The topological polar surface area (TPSA) is 72.2 Å². The molecule has 0 aliphatic carbocycles. The third-order valence-corrected chi connectivity index (χ3v) is 6.46. The molecule has 3 N–H and O–H groups in total. The van der Waals surface area contributed by atoms with Crippen molar-refractivity contribution in [2.45, 2.75) is 24.9 Å². The highest BCUT2D eigenvalue weighted by atomic mass is 79.9. The van der Waals surface area contributed by atoms with Crippen LogP contribution in [0.5, 0.6) is 0 Å². The maximum absolute atomic E-state index is 12.2. The van der Waals surface area contributed by atoms with Crippen molar-refractivity contribution in [3.63, 3.8) is 0 Å². The van der Waals surface area contributed by atoms with Gasteiger partial charge in [-0.25, -0.2) is 13.1 Å². The second-order valence-corrected chi connectivity index (χ2v) is 8.55. The molecule has 20 heavy (non-hydrogen) atoms. The van der Waals surface area contributed by atoms with Gasteiger partial charge in [0, 0.05) is 18.0 Å². The molecule has 1 aromatic heterocycles. The van der Waals surface area contributed by atoms with Crippen LogP contribution >= 0.6 is 27.3 Å². The fourth-order valence-electron chi connectivity index (χ4n) is 1.64. The second-order valence-electron chi connectivity index (χ2n) is 4.36. The number of thiophene rings is 1. The molecule has 0 radical (unpaired) electrons. The lowest BCUT2D eigenvalue weighted by Crippen LogP contribution is -2.23. The summed E-state index contributed by atoms with van der Waals surface area (Å²) in [6, 6.07) is 9.33. The van der Waals surface area contributed by atoms with Gasteiger partial charge in [-0.15, -0.1) is 11.3 Å². The predicted octanol–water partition coefficient (Wildman–Crippen LogP) is 2.76. The molecule has 0 saturated carbocycles. The van der Waals surface area contributed by atoms with Crippen LogP contribution in [-0.4, -0.2) is 8.42 Å². The number of hydrogen-bond donors (Lipinski definition) is 2. The Hall–Kier alpha value is -0.730. The Labute approximate surface area is 131 Å². The first-order valence-electron chi connectivity index (χ1n) is 5.96. The van der Waals surface area contributed by atoms with Gasteiger partial charge in [-0.1, -0.05) is 29.8 Å². The Bertz CT molecular complexity index is 694. The van der Waals surface area contributed by atoms with Crippen molar-refractivity contribution in [1.29, 1.82) is 0 Å². The van der Waals surface area contributed by atoms with Crippen LogP contribution in [0.1, 0.15) is 16.0 Å². The number of benzene rings is 1. The molecular weight excluding hydrogens is 360 g/mol. The Morgan fingerprint density at radius 3 is 2.50 bits per heavy atom. The van der Waals surface area contributed by atoms with Crippen molar-refractivity contribution in [2.24, 2.45) is 5.73 Å². The van der Waals surface area contributed by atoms with Gasteiger partial charge in [0.05, 0.1) is 3.79 Å². The van der Waals surface area contributed by atoms with Crippen molar-refractivity contribution in [3.05, 3.63) is 50.1 Å². The highest BCUT2D eigenvalue weighted by molar-refractivity contribution is 9.11. The van der Waals surface area contributed by atoms with E-state index in [1.54, 1.807) is 6.07 Å². The number of halogens is 1. The lowest BCUT2D eigenvalue weighted by molar-refractivity contribution is 0.581. The van der Waals surface area contributed by atoms with E-state index in [0.29, 0.717) is 10.3 Å². The van der Waals surface area contributed by atoms with E-state index in [2.05, 4.69) is 20.7 Å². The number of rotatable bonds is 5. The Kier molecular flexibility index (Phi) is 4.98. The summed E-state index contributed by atoms with van der Waals surface area (Å²) in [5.74, 6) is 0. The normalized spacial score (nSPS) is 11.8. The molecule has 0 aliphatic rings. The smallest absolute Gasteiger partial charge is 0.242 e. The molecule has 7 heteroatoms. The zero-order valence-electron chi connectivity index (χ0n) is 10.9. The molecule has 0 saturated heterocycles. The highest BCUT2D eigenvalue weighted by Gasteiger charge is 2.20. The zero-order chi connectivity index (χ0) is 14.8. The van der Waals surface area contributed by atoms with Crippen molar-refractivity contribution in [3.8, 4) is 0 Å². The minimum Gasteiger partial charge on any atom is -0.326 e. The standard InChI is InChI=1S/C13H15BrN2O2S2/c1-9-2-4-10(5-3-9)8-16-20(17,18)12-6-11(7-15)19-13(12)14/h2-6,16H,7-8,15H2,1H3. The van der Waals surface area contributed by atoms with Gasteiger partial charge in [-0.05, 0) is 34.5 Å². The highest BCUT2D eigenvalue weighted by Crippen LogP contribution is 2.31. The van der Waals surface area contributed by atoms with Gasteiger partial charge in [0.15, 0.2) is 0 Å². The first kappa shape index (κ1) is 15.7. The van der Waals surface area contributed by atoms with E-state index >= 15 is 0 Å². The van der Waals surface area contributed by atoms with Crippen LogP contribution in [0.4, 0.5) is 0 Å². The SMILES string of the molecule is Cc1ccc(CNS(=O)(=O)c2cc(CN)sc2Br)cc1. The molecule has 2 aromatic rings. The third-order valence-electron chi connectivity index (χ3n) is 2.78. The van der Waals surface area contributed by atoms with E-state index in [0.717, 1.165) is 16.0 Å². The Morgan fingerprint density at radius 1 is 1.30 bits per heavy atom. The van der Waals surface area contributed by atoms with Gasteiger partial charge in [-0.2, -0.15) is 0 Å². The number of nitrogens with one attached hydrogen (secondary N) is 1. The van der Waals surface area contributed by atoms with Crippen molar-refractivity contribution in [1.82, 2.24) is 4.72 Å². The summed E-state index contributed by atoms with van der Waals surface area (Å²) in [5, 5.41) is 0. The van der Waals surface area contributed by atoms with Gasteiger partial charge in [0.2, 0.25) is 10.0 Å². The van der Waals surface area contributed by atoms with E-state index in [1.165, 1.54) is 11.3 Å². The molecule has 4 nitrogen and oxygen atoms in total. The summed E-state index contributed by atoms with van der Waals surface area (Å²) in [7, 11) is -3.53. The molecular formula is C13H15BrN2O2S2. The molecule has 2 rings (SSSR count). The number of sulfonamides is 1. The van der Waals surface area contributed by atoms with E-state index in [1.807, 2.05) is 31.2 Å². The summed E-state index contributed by atoms with van der Waals surface area (Å²) >= 11 is 4.61. The average Bonchev–Trinajstić information content (AvgIpc) is 2.80. The molecule has 0 aliphatic heterocycles. The van der Waals surface area contributed by atoms with Crippen LogP contribution < -0.4 is 10.5 Å². The van der Waals surface area contributed by atoms with Gasteiger partial charge < -0.3 is 5.73 Å². The first-order valence-corrected chi connectivity index (χ1v) is 9.05. The fourth-order valence-corrected chi connectivity index (χ4v) is 5.22. The third kappa shape index (κ3) is 3.67. The number of nitrogens with two attached hydrogens (primary N) is 1. The van der Waals surface area contributed by atoms with E-state index in [4.69, 9.17) is 5.73 Å². The largest absolute Gasteiger partial charge is 0.326 e. The molecule has 0 unspecified atom stereocenters. The predicted molar refractivity (Wildman–Crippen MR) is 85.1 cm³/mol. The fraction of sp³-hybridized carbons (Fsp3) is 0.231. The lowest BCUT2D eigenvalue weighted by Gasteiger charge is -2.06. The summed E-state index contributed by atoms with van der Waals surface area (Å²) in [6.45, 7) is 2.59. The molecule has 0 fully saturated rings. The molecule has 0 bridgehead atoms. The minimum absolute atomic E-state index is 0.245. The van der Waals surface area contributed by atoms with Crippen molar-refractivity contribution in [2.75, 3.05) is 0 Å². The summed E-state index contributed by atoms with van der Waals surface area (Å²) in [4.78, 5) is 1.07. The quantitative estimate of drug-likeness (QED) is 0.844. The zero-order valence-corrected chi connectivity index (χ0v) is 14.1. The molecule has 0 spiro atoms. The van der Waals surface area contributed by atoms with Gasteiger partial charge >= 0.3 is 0 Å². The Balaban J connectivity index is 2.14. The monoisotopic (exact) mass is 374 g/mol. The van der Waals surface area contributed by atoms with Crippen LogP contribution in [0, 0.1) is 6.92 Å². The van der Waals surface area contributed by atoms with Crippen LogP contribution in [0.3, 0.4) is 0 Å². The molecule has 108 valence electrons. The minimum atomic E-state index is -3.53. The van der Waals surface area contributed by atoms with Crippen LogP contribution in [0.15, 0.2) is 39.0 Å². The van der Waals surface area contributed by atoms with Gasteiger partial charge in [0.1, 0.15) is 4.90 Å². The summed E-state index contributed by atoms with van der Waals surface area (Å²) in [6.07, 6.45) is 0. The van der Waals surface area contributed by atoms with Crippen LogP contribution in [-0.2, 0) is 23.1 Å². The van der Waals surface area contributed by atoms with Crippen LogP contribution in [0.25, 0.3) is 0 Å². The Morgan fingerprint density at radius 2 is 1.95 bits per heavy atom. The second kappa shape index (κ2) is 6.36. The molecule has 1 aromatic carbocycles. The van der Waals surface area contributed by atoms with Crippen molar-refractivity contribution >= 4 is 37.3 Å². The lowest BCUT2D eigenvalue weighted by atomic mass is 10.2. The maximum Gasteiger partial charge on any atom is 0.242 e. The summed E-state index contributed by atoms with van der Waals surface area (Å²) in [5.41, 5.74) is 7.59. The first-order chi connectivity index (χ1) is 9.42. The van der Waals surface area contributed by atoms with E-state index in [-0.39, 0.29) is 11.4 Å². The molecule has 1 heterocycles. The van der Waals surface area contributed by atoms with Crippen molar-refractivity contribution < 1.29 is 8.42 Å². The van der Waals surface area contributed by atoms with Gasteiger partial charge in [0.25, 0.3) is 0 Å². The molecule has 0 amide bonds. The maximum atomic E-state index is 12.2. The molecule has 0 atom stereocenters. The van der Waals surface area contributed by atoms with Crippen LogP contribution in [0.2, 0.25) is 0 Å². The van der Waals surface area contributed by atoms with E-state index < -0.39 is 10.0 Å². The average molecular weight is 375 g/mol. The number of hydrogen-bond acceptors (Lipinski definition) is 4. The van der Waals surface area contributed by atoms with E-state index in [9.17, 15) is 8.42 Å².